The molecule has 4 unspecified atom stereocenters. The van der Waals surface area contributed by atoms with E-state index in [9.17, 15) is 14.7 Å². The molecule has 4 rings (SSSR count). The Morgan fingerprint density at radius 3 is 2.77 bits per heavy atom. The molecule has 7 atom stereocenters. The number of carbonyl (C=O) groups is 2. The Hall–Kier alpha value is -1.16. The van der Waals surface area contributed by atoms with E-state index in [4.69, 9.17) is 5.11 Å². The standard InChI is InChI=1S/C22H32O4/c1-13-12-21(2)18(7-9-22(21,26)10-8-19(24)25)17-5-3-14-11-15(23)4-6-16(14)20(13)17/h11,13,16-18,20,26H,3-10,12H2,1-2H3,(H,24,25)/t13-,16?,17?,18?,20?,21-,22+/m0/s1. The fraction of sp³-hybridized carbons (Fsp3) is 0.818. The number of aliphatic carboxylic acids is 1. The van der Waals surface area contributed by atoms with Gasteiger partial charge in [0.1, 0.15) is 0 Å². The van der Waals surface area contributed by atoms with Gasteiger partial charge in [0.15, 0.2) is 5.78 Å². The van der Waals surface area contributed by atoms with E-state index in [1.807, 2.05) is 6.08 Å². The lowest BCUT2D eigenvalue weighted by molar-refractivity contribution is -0.150. The van der Waals surface area contributed by atoms with Gasteiger partial charge in [-0.15, -0.1) is 0 Å². The van der Waals surface area contributed by atoms with Crippen LogP contribution in [0.15, 0.2) is 11.6 Å². The van der Waals surface area contributed by atoms with Crippen molar-refractivity contribution in [3.05, 3.63) is 11.6 Å². The predicted octanol–water partition coefficient (Wildman–Crippen LogP) is 3.97. The van der Waals surface area contributed by atoms with Gasteiger partial charge in [0.25, 0.3) is 0 Å². The van der Waals surface area contributed by atoms with Crippen molar-refractivity contribution in [2.75, 3.05) is 0 Å². The number of aliphatic hydroxyl groups is 1. The molecule has 0 aromatic rings. The quantitative estimate of drug-likeness (QED) is 0.798. The van der Waals surface area contributed by atoms with Crippen molar-refractivity contribution in [2.24, 2.45) is 35.0 Å². The molecule has 0 amide bonds. The van der Waals surface area contributed by atoms with E-state index in [0.717, 1.165) is 38.5 Å². The minimum absolute atomic E-state index is 0.0545. The first-order valence-electron chi connectivity index (χ1n) is 10.4. The first-order chi connectivity index (χ1) is 12.2. The van der Waals surface area contributed by atoms with Crippen LogP contribution in [-0.2, 0) is 9.59 Å². The lowest BCUT2D eigenvalue weighted by Gasteiger charge is -2.58. The third-order valence-corrected chi connectivity index (χ3v) is 8.67. The topological polar surface area (TPSA) is 74.6 Å². The number of hydrogen-bond donors (Lipinski definition) is 2. The van der Waals surface area contributed by atoms with Gasteiger partial charge in [0, 0.05) is 12.8 Å². The number of carbonyl (C=O) groups excluding carboxylic acids is 1. The molecule has 2 N–H and O–H groups in total. The number of carboxylic acids is 1. The van der Waals surface area contributed by atoms with Crippen LogP contribution in [0.1, 0.15) is 71.6 Å². The van der Waals surface area contributed by atoms with Gasteiger partial charge in [-0.05, 0) is 86.0 Å². The van der Waals surface area contributed by atoms with Gasteiger partial charge in [-0.2, -0.15) is 0 Å². The maximum Gasteiger partial charge on any atom is 0.303 e. The van der Waals surface area contributed by atoms with Crippen LogP contribution in [0.2, 0.25) is 0 Å². The fourth-order valence-electron chi connectivity index (χ4n) is 7.58. The van der Waals surface area contributed by atoms with E-state index in [1.54, 1.807) is 0 Å². The van der Waals surface area contributed by atoms with Crippen molar-refractivity contribution in [3.8, 4) is 0 Å². The second kappa shape index (κ2) is 6.19. The minimum atomic E-state index is -0.839. The monoisotopic (exact) mass is 360 g/mol. The molecule has 0 aromatic carbocycles. The Bertz CT molecular complexity index is 653. The molecule has 0 aromatic heterocycles. The lowest BCUT2D eigenvalue weighted by atomic mass is 9.47. The van der Waals surface area contributed by atoms with Crippen molar-refractivity contribution in [2.45, 2.75) is 77.2 Å². The molecule has 26 heavy (non-hydrogen) atoms. The number of carboxylic acid groups (broad SMARTS) is 1. The van der Waals surface area contributed by atoms with Gasteiger partial charge in [-0.25, -0.2) is 0 Å². The van der Waals surface area contributed by atoms with Gasteiger partial charge in [-0.3, -0.25) is 9.59 Å². The van der Waals surface area contributed by atoms with Crippen LogP contribution in [0.5, 0.6) is 0 Å². The molecule has 4 heteroatoms. The number of ketones is 1. The van der Waals surface area contributed by atoms with Crippen LogP contribution in [0.4, 0.5) is 0 Å². The zero-order chi connectivity index (χ0) is 18.7. The summed E-state index contributed by atoms with van der Waals surface area (Å²) in [6, 6.07) is 0. The molecular weight excluding hydrogens is 328 g/mol. The highest BCUT2D eigenvalue weighted by Crippen LogP contribution is 2.67. The third-order valence-electron chi connectivity index (χ3n) is 8.67. The Kier molecular flexibility index (Phi) is 4.33. The summed E-state index contributed by atoms with van der Waals surface area (Å²) in [6.45, 7) is 4.56. The number of hydrogen-bond acceptors (Lipinski definition) is 3. The van der Waals surface area contributed by atoms with Crippen LogP contribution in [0, 0.1) is 35.0 Å². The van der Waals surface area contributed by atoms with Crippen LogP contribution in [0.3, 0.4) is 0 Å². The van der Waals surface area contributed by atoms with Gasteiger partial charge in [-0.1, -0.05) is 19.4 Å². The van der Waals surface area contributed by atoms with Crippen LogP contribution >= 0.6 is 0 Å². The number of rotatable bonds is 3. The van der Waals surface area contributed by atoms with Crippen molar-refractivity contribution >= 4 is 11.8 Å². The van der Waals surface area contributed by atoms with Crippen molar-refractivity contribution in [1.82, 2.24) is 0 Å². The Balaban J connectivity index is 1.62. The lowest BCUT2D eigenvalue weighted by Crippen LogP contribution is -2.55. The van der Waals surface area contributed by atoms with Crippen LogP contribution in [-0.4, -0.2) is 27.6 Å². The normalized spacial score (nSPS) is 47.6. The maximum atomic E-state index is 11.8. The molecule has 3 saturated carbocycles. The fourth-order valence-corrected chi connectivity index (χ4v) is 7.58. The van der Waals surface area contributed by atoms with Gasteiger partial charge >= 0.3 is 5.97 Å². The first-order valence-corrected chi connectivity index (χ1v) is 10.4. The van der Waals surface area contributed by atoms with E-state index in [0.29, 0.717) is 48.2 Å². The average molecular weight is 360 g/mol. The van der Waals surface area contributed by atoms with Gasteiger partial charge in [0.05, 0.1) is 5.60 Å². The Labute approximate surface area is 156 Å². The summed E-state index contributed by atoms with van der Waals surface area (Å²) in [4.78, 5) is 22.9. The number of fused-ring (bicyclic) bond motifs is 5. The molecular formula is C22H32O4. The summed E-state index contributed by atoms with van der Waals surface area (Å²) < 4.78 is 0. The predicted molar refractivity (Wildman–Crippen MR) is 98.5 cm³/mol. The number of allylic oxidation sites excluding steroid dienone is 1. The summed E-state index contributed by atoms with van der Waals surface area (Å²) >= 11 is 0. The molecule has 3 fully saturated rings. The maximum absolute atomic E-state index is 11.8. The van der Waals surface area contributed by atoms with Gasteiger partial charge < -0.3 is 10.2 Å². The first kappa shape index (κ1) is 18.2. The summed E-state index contributed by atoms with van der Waals surface area (Å²) in [5, 5.41) is 20.6. The summed E-state index contributed by atoms with van der Waals surface area (Å²) in [5.74, 6) is 2.28. The highest BCUT2D eigenvalue weighted by Gasteiger charge is 2.63. The summed E-state index contributed by atoms with van der Waals surface area (Å²) in [7, 11) is 0. The van der Waals surface area contributed by atoms with E-state index in [1.165, 1.54) is 5.57 Å². The molecule has 0 bridgehead atoms. The highest BCUT2D eigenvalue weighted by molar-refractivity contribution is 5.91. The SMILES string of the molecule is C[C@H]1C[C@@]2(C)C(CC[C@@]2(O)CCC(=O)O)C2CCC3=CC(=O)CCC3C21. The van der Waals surface area contributed by atoms with Crippen molar-refractivity contribution < 1.29 is 19.8 Å². The molecule has 0 heterocycles. The molecule has 0 radical (unpaired) electrons. The molecule has 4 aliphatic carbocycles. The highest BCUT2D eigenvalue weighted by atomic mass is 16.4. The van der Waals surface area contributed by atoms with E-state index < -0.39 is 11.6 Å². The third kappa shape index (κ3) is 2.59. The smallest absolute Gasteiger partial charge is 0.303 e. The summed E-state index contributed by atoms with van der Waals surface area (Å²) in [6.07, 6.45) is 8.95. The molecule has 0 saturated heterocycles. The second-order valence-corrected chi connectivity index (χ2v) is 9.78. The molecule has 0 spiro atoms. The summed E-state index contributed by atoms with van der Waals surface area (Å²) in [5.41, 5.74) is 0.375. The Morgan fingerprint density at radius 1 is 1.27 bits per heavy atom. The van der Waals surface area contributed by atoms with E-state index >= 15 is 0 Å². The van der Waals surface area contributed by atoms with Crippen molar-refractivity contribution in [1.29, 1.82) is 0 Å². The van der Waals surface area contributed by atoms with E-state index in [2.05, 4.69) is 13.8 Å². The second-order valence-electron chi connectivity index (χ2n) is 9.78. The minimum Gasteiger partial charge on any atom is -0.481 e. The molecule has 4 nitrogen and oxygen atoms in total. The molecule has 144 valence electrons. The zero-order valence-corrected chi connectivity index (χ0v) is 16.0. The van der Waals surface area contributed by atoms with Gasteiger partial charge in [0.2, 0.25) is 0 Å². The van der Waals surface area contributed by atoms with Crippen molar-refractivity contribution in [3.63, 3.8) is 0 Å². The largest absolute Gasteiger partial charge is 0.481 e. The van der Waals surface area contributed by atoms with Crippen LogP contribution in [0.25, 0.3) is 0 Å². The average Bonchev–Trinajstić information content (AvgIpc) is 2.84. The molecule has 0 aliphatic heterocycles. The Morgan fingerprint density at radius 2 is 2.04 bits per heavy atom. The van der Waals surface area contributed by atoms with E-state index in [-0.39, 0.29) is 11.8 Å². The van der Waals surface area contributed by atoms with Crippen LogP contribution < -0.4 is 0 Å². The molecule has 4 aliphatic rings. The zero-order valence-electron chi connectivity index (χ0n) is 16.0.